The monoisotopic (exact) mass is 202 g/mol. The summed E-state index contributed by atoms with van der Waals surface area (Å²) < 4.78 is 0. The molecule has 1 aromatic carbocycles. The van der Waals surface area contributed by atoms with Crippen molar-refractivity contribution in [1.82, 2.24) is 0 Å². The minimum atomic E-state index is -1.34. The van der Waals surface area contributed by atoms with Gasteiger partial charge in [0.2, 0.25) is 0 Å². The first-order chi connectivity index (χ1) is 5.70. The molecule has 0 N–H and O–H groups in total. The fourth-order valence-corrected chi connectivity index (χ4v) is 0.857. The van der Waals surface area contributed by atoms with Crippen LogP contribution in [-0.2, 0) is 4.79 Å². The van der Waals surface area contributed by atoms with Crippen molar-refractivity contribution < 1.29 is 66.1 Å². The maximum atomic E-state index is 11.0. The third kappa shape index (κ3) is 4.68. The van der Waals surface area contributed by atoms with Crippen LogP contribution in [0, 0.1) is 0 Å². The van der Waals surface area contributed by atoms with Crippen molar-refractivity contribution in [3.05, 3.63) is 35.9 Å². The number of hydrogen-bond acceptors (Lipinski definition) is 3. The van der Waals surface area contributed by atoms with Gasteiger partial charge in [-0.25, -0.2) is 0 Å². The number of carboxylic acids is 1. The molecule has 0 unspecified atom stereocenters. The first-order valence-electron chi connectivity index (χ1n) is 3.48. The molecular formula is C9H7KO3. The second kappa shape index (κ2) is 6.45. The third-order valence-electron chi connectivity index (χ3n) is 1.40. The van der Waals surface area contributed by atoms with Gasteiger partial charge in [-0.1, -0.05) is 30.3 Å². The van der Waals surface area contributed by atoms with Gasteiger partial charge in [0.25, 0.3) is 0 Å². The Kier molecular flexibility index (Phi) is 6.45. The van der Waals surface area contributed by atoms with Crippen molar-refractivity contribution in [2.45, 2.75) is 6.42 Å². The van der Waals surface area contributed by atoms with E-state index in [0.717, 1.165) is 0 Å². The van der Waals surface area contributed by atoms with Crippen LogP contribution in [0.2, 0.25) is 0 Å². The zero-order chi connectivity index (χ0) is 8.97. The maximum Gasteiger partial charge on any atom is 1.00 e. The molecule has 0 radical (unpaired) electrons. The Bertz CT molecular complexity index is 295. The fourth-order valence-electron chi connectivity index (χ4n) is 0.857. The molecule has 0 amide bonds. The van der Waals surface area contributed by atoms with Crippen molar-refractivity contribution >= 4 is 11.8 Å². The number of benzene rings is 1. The molecule has 4 heteroatoms. The normalized spacial score (nSPS) is 8.62. The van der Waals surface area contributed by atoms with Crippen molar-refractivity contribution in [2.24, 2.45) is 0 Å². The van der Waals surface area contributed by atoms with Gasteiger partial charge >= 0.3 is 51.4 Å². The van der Waals surface area contributed by atoms with E-state index in [1.54, 1.807) is 30.3 Å². The van der Waals surface area contributed by atoms with Crippen LogP contribution < -0.4 is 56.5 Å². The van der Waals surface area contributed by atoms with Crippen molar-refractivity contribution in [3.63, 3.8) is 0 Å². The SMILES string of the molecule is O=C([O-])CC(=O)c1ccccc1.[K+]. The fraction of sp³-hybridized carbons (Fsp3) is 0.111. The number of rotatable bonds is 3. The largest absolute Gasteiger partial charge is 1.00 e. The van der Waals surface area contributed by atoms with Crippen LogP contribution in [0.25, 0.3) is 0 Å². The van der Waals surface area contributed by atoms with Crippen LogP contribution in [0.15, 0.2) is 30.3 Å². The Hall–Kier alpha value is -0.00364. The van der Waals surface area contributed by atoms with E-state index in [-0.39, 0.29) is 51.4 Å². The zero-order valence-electron chi connectivity index (χ0n) is 7.32. The van der Waals surface area contributed by atoms with E-state index in [2.05, 4.69) is 0 Å². The molecule has 1 rings (SSSR count). The van der Waals surface area contributed by atoms with Gasteiger partial charge < -0.3 is 9.90 Å². The molecule has 0 bridgehead atoms. The molecule has 0 saturated carbocycles. The van der Waals surface area contributed by atoms with E-state index in [1.165, 1.54) is 0 Å². The average Bonchev–Trinajstić information content (AvgIpc) is 2.05. The summed E-state index contributed by atoms with van der Waals surface area (Å²) in [6, 6.07) is 8.28. The van der Waals surface area contributed by atoms with E-state index >= 15 is 0 Å². The standard InChI is InChI=1S/C9H8O3.K/c10-8(6-9(11)12)7-4-2-1-3-5-7;/h1-5H,6H2,(H,11,12);/q;+1/p-1. The molecule has 62 valence electrons. The van der Waals surface area contributed by atoms with Crippen LogP contribution in [0.3, 0.4) is 0 Å². The number of Topliss-reactive ketones (excluding diaryl/α,β-unsaturated/α-hetero) is 1. The molecule has 0 spiro atoms. The van der Waals surface area contributed by atoms with Gasteiger partial charge in [0.1, 0.15) is 0 Å². The van der Waals surface area contributed by atoms with Crippen LogP contribution in [0.5, 0.6) is 0 Å². The van der Waals surface area contributed by atoms with Crippen LogP contribution in [0.4, 0.5) is 0 Å². The summed E-state index contributed by atoms with van der Waals surface area (Å²) in [5.74, 6) is -1.76. The van der Waals surface area contributed by atoms with Crippen LogP contribution in [-0.4, -0.2) is 11.8 Å². The van der Waals surface area contributed by atoms with E-state index < -0.39 is 18.2 Å². The van der Waals surface area contributed by atoms with Crippen LogP contribution >= 0.6 is 0 Å². The van der Waals surface area contributed by atoms with Crippen molar-refractivity contribution in [2.75, 3.05) is 0 Å². The summed E-state index contributed by atoms with van der Waals surface area (Å²) in [6.45, 7) is 0. The summed E-state index contributed by atoms with van der Waals surface area (Å²) in [5, 5.41) is 10.1. The van der Waals surface area contributed by atoms with E-state index in [0.29, 0.717) is 5.56 Å². The number of aliphatic carboxylic acids is 1. The zero-order valence-corrected chi connectivity index (χ0v) is 10.4. The second-order valence-corrected chi connectivity index (χ2v) is 2.34. The summed E-state index contributed by atoms with van der Waals surface area (Å²) in [7, 11) is 0. The van der Waals surface area contributed by atoms with Gasteiger partial charge in [0.05, 0.1) is 6.42 Å². The predicted octanol–water partition coefficient (Wildman–Crippen LogP) is -2.99. The Morgan fingerprint density at radius 1 is 1.15 bits per heavy atom. The summed E-state index contributed by atoms with van der Waals surface area (Å²) in [6.07, 6.45) is -0.552. The Morgan fingerprint density at radius 3 is 2.15 bits per heavy atom. The molecule has 3 nitrogen and oxygen atoms in total. The molecule has 0 atom stereocenters. The molecule has 0 fully saturated rings. The van der Waals surface area contributed by atoms with Gasteiger partial charge in [-0.3, -0.25) is 4.79 Å². The Morgan fingerprint density at radius 2 is 1.69 bits per heavy atom. The van der Waals surface area contributed by atoms with Gasteiger partial charge in [0.15, 0.2) is 5.78 Å². The van der Waals surface area contributed by atoms with Crippen LogP contribution in [0.1, 0.15) is 16.8 Å². The summed E-state index contributed by atoms with van der Waals surface area (Å²) >= 11 is 0. The summed E-state index contributed by atoms with van der Waals surface area (Å²) in [4.78, 5) is 21.1. The molecule has 0 heterocycles. The average molecular weight is 202 g/mol. The van der Waals surface area contributed by atoms with E-state index in [1.807, 2.05) is 0 Å². The first kappa shape index (κ1) is 13.0. The minimum Gasteiger partial charge on any atom is -0.550 e. The van der Waals surface area contributed by atoms with E-state index in [9.17, 15) is 14.7 Å². The second-order valence-electron chi connectivity index (χ2n) is 2.34. The smallest absolute Gasteiger partial charge is 0.550 e. The van der Waals surface area contributed by atoms with E-state index in [4.69, 9.17) is 0 Å². The van der Waals surface area contributed by atoms with Gasteiger partial charge in [0, 0.05) is 11.5 Å². The topological polar surface area (TPSA) is 57.2 Å². The third-order valence-corrected chi connectivity index (χ3v) is 1.40. The molecular weight excluding hydrogens is 195 g/mol. The number of hydrogen-bond donors (Lipinski definition) is 0. The number of carbonyl (C=O) groups excluding carboxylic acids is 2. The van der Waals surface area contributed by atoms with Gasteiger partial charge in [-0.2, -0.15) is 0 Å². The Labute approximate surface area is 119 Å². The molecule has 0 aliphatic carbocycles. The summed E-state index contributed by atoms with van der Waals surface area (Å²) in [5.41, 5.74) is 0.404. The number of carboxylic acid groups (broad SMARTS) is 1. The van der Waals surface area contributed by atoms with Gasteiger partial charge in [-0.05, 0) is 0 Å². The first-order valence-corrected chi connectivity index (χ1v) is 3.48. The predicted molar refractivity (Wildman–Crippen MR) is 40.4 cm³/mol. The van der Waals surface area contributed by atoms with Crippen molar-refractivity contribution in [3.8, 4) is 0 Å². The molecule has 0 saturated heterocycles. The van der Waals surface area contributed by atoms with Crippen molar-refractivity contribution in [1.29, 1.82) is 0 Å². The van der Waals surface area contributed by atoms with Gasteiger partial charge in [-0.15, -0.1) is 0 Å². The molecule has 0 aliphatic heterocycles. The quantitative estimate of drug-likeness (QED) is 0.298. The number of carbonyl (C=O) groups is 2. The molecule has 0 aliphatic rings. The molecule has 1 aromatic rings. The maximum absolute atomic E-state index is 11.0. The molecule has 0 aromatic heterocycles. The Balaban J connectivity index is 0.00000144. The molecule has 13 heavy (non-hydrogen) atoms. The minimum absolute atomic E-state index is 0. The number of ketones is 1.